The van der Waals surface area contributed by atoms with Gasteiger partial charge in [0.25, 0.3) is 5.91 Å². The van der Waals surface area contributed by atoms with Crippen molar-refractivity contribution in [3.8, 4) is 6.07 Å². The Morgan fingerprint density at radius 2 is 1.78 bits per heavy atom. The van der Waals surface area contributed by atoms with Crippen molar-refractivity contribution in [1.82, 2.24) is 4.90 Å². The van der Waals surface area contributed by atoms with Crippen LogP contribution in [0.15, 0.2) is 53.0 Å². The molecule has 0 aromatic heterocycles. The molecule has 1 amide bonds. The molecule has 0 unspecified atom stereocenters. The maximum Gasteiger partial charge on any atom is 0.254 e. The smallest absolute Gasteiger partial charge is 0.254 e. The number of hydrogen-bond acceptors (Lipinski definition) is 3. The predicted molar refractivity (Wildman–Crippen MR) is 93.4 cm³/mol. The van der Waals surface area contributed by atoms with E-state index in [1.165, 1.54) is 0 Å². The van der Waals surface area contributed by atoms with Gasteiger partial charge in [0.2, 0.25) is 0 Å². The van der Waals surface area contributed by atoms with Gasteiger partial charge in [-0.1, -0.05) is 28.1 Å². The van der Waals surface area contributed by atoms with Gasteiger partial charge in [-0.05, 0) is 36.4 Å². The van der Waals surface area contributed by atoms with Gasteiger partial charge in [-0.25, -0.2) is 0 Å². The number of benzene rings is 2. The van der Waals surface area contributed by atoms with E-state index in [0.29, 0.717) is 24.2 Å². The summed E-state index contributed by atoms with van der Waals surface area (Å²) in [4.78, 5) is 16.6. The predicted octanol–water partition coefficient (Wildman–Crippen LogP) is 3.28. The highest BCUT2D eigenvalue weighted by molar-refractivity contribution is 9.10. The second kappa shape index (κ2) is 6.84. The molecule has 1 saturated heterocycles. The number of piperazine rings is 1. The second-order valence-electron chi connectivity index (χ2n) is 5.45. The average molecular weight is 370 g/mol. The third-order valence-electron chi connectivity index (χ3n) is 3.98. The lowest BCUT2D eigenvalue weighted by Gasteiger charge is -2.36. The van der Waals surface area contributed by atoms with Crippen LogP contribution in [0.25, 0.3) is 0 Å². The molecule has 0 saturated carbocycles. The number of nitriles is 1. The number of carbonyl (C=O) groups excluding carboxylic acids is 1. The molecule has 2 aromatic rings. The van der Waals surface area contributed by atoms with Gasteiger partial charge in [0.05, 0.1) is 11.6 Å². The van der Waals surface area contributed by atoms with Gasteiger partial charge in [0, 0.05) is 41.9 Å². The molecule has 116 valence electrons. The molecule has 1 heterocycles. The number of halogens is 1. The van der Waals surface area contributed by atoms with Gasteiger partial charge < -0.3 is 9.80 Å². The number of rotatable bonds is 2. The van der Waals surface area contributed by atoms with E-state index >= 15 is 0 Å². The molecule has 0 bridgehead atoms. The fraction of sp³-hybridized carbons (Fsp3) is 0.222. The molecular formula is C18H16BrN3O. The highest BCUT2D eigenvalue weighted by atomic mass is 79.9. The van der Waals surface area contributed by atoms with Gasteiger partial charge in [0.1, 0.15) is 0 Å². The first-order chi connectivity index (χ1) is 11.2. The lowest BCUT2D eigenvalue weighted by atomic mass is 10.1. The Labute approximate surface area is 144 Å². The summed E-state index contributed by atoms with van der Waals surface area (Å²) in [5.41, 5.74) is 2.41. The van der Waals surface area contributed by atoms with E-state index in [1.54, 1.807) is 6.07 Å². The second-order valence-corrected chi connectivity index (χ2v) is 6.37. The van der Waals surface area contributed by atoms with Gasteiger partial charge in [-0.3, -0.25) is 4.79 Å². The Morgan fingerprint density at radius 1 is 1.04 bits per heavy atom. The third-order valence-corrected chi connectivity index (χ3v) is 4.47. The molecule has 2 aromatic carbocycles. The quantitative estimate of drug-likeness (QED) is 0.815. The van der Waals surface area contributed by atoms with Gasteiger partial charge >= 0.3 is 0 Å². The van der Waals surface area contributed by atoms with E-state index in [0.717, 1.165) is 23.2 Å². The van der Waals surface area contributed by atoms with Crippen LogP contribution >= 0.6 is 15.9 Å². The number of amides is 1. The first kappa shape index (κ1) is 15.6. The monoisotopic (exact) mass is 369 g/mol. The van der Waals surface area contributed by atoms with Gasteiger partial charge in [0.15, 0.2) is 0 Å². The van der Waals surface area contributed by atoms with E-state index in [4.69, 9.17) is 5.26 Å². The zero-order valence-electron chi connectivity index (χ0n) is 12.6. The first-order valence-corrected chi connectivity index (χ1v) is 8.26. The standard InChI is InChI=1S/C18H16BrN3O/c19-16-5-2-4-15(12-16)18(23)22-9-7-21(8-10-22)17-6-1-3-14(11-17)13-20/h1-6,11-12H,7-10H2. The van der Waals surface area contributed by atoms with Crippen LogP contribution in [-0.2, 0) is 0 Å². The maximum absolute atomic E-state index is 12.5. The number of hydrogen-bond donors (Lipinski definition) is 0. The highest BCUT2D eigenvalue weighted by Crippen LogP contribution is 2.19. The summed E-state index contributed by atoms with van der Waals surface area (Å²) < 4.78 is 0.912. The normalized spacial score (nSPS) is 14.4. The van der Waals surface area contributed by atoms with E-state index < -0.39 is 0 Å². The fourth-order valence-corrected chi connectivity index (χ4v) is 3.14. The molecule has 0 N–H and O–H groups in total. The molecule has 1 fully saturated rings. The number of nitrogens with zero attached hydrogens (tertiary/aromatic N) is 3. The Bertz CT molecular complexity index is 761. The van der Waals surface area contributed by atoms with E-state index in [2.05, 4.69) is 26.9 Å². The van der Waals surface area contributed by atoms with E-state index in [-0.39, 0.29) is 5.91 Å². The van der Waals surface area contributed by atoms with Crippen molar-refractivity contribution in [3.63, 3.8) is 0 Å². The van der Waals surface area contributed by atoms with E-state index in [9.17, 15) is 4.79 Å². The summed E-state index contributed by atoms with van der Waals surface area (Å²) in [7, 11) is 0. The molecule has 4 nitrogen and oxygen atoms in total. The van der Waals surface area contributed by atoms with Crippen molar-refractivity contribution in [2.75, 3.05) is 31.1 Å². The summed E-state index contributed by atoms with van der Waals surface area (Å²) in [5, 5.41) is 9.00. The van der Waals surface area contributed by atoms with Crippen molar-refractivity contribution < 1.29 is 4.79 Å². The van der Waals surface area contributed by atoms with E-state index in [1.807, 2.05) is 47.4 Å². The fourth-order valence-electron chi connectivity index (χ4n) is 2.74. The van der Waals surface area contributed by atoms with Crippen LogP contribution in [0.4, 0.5) is 5.69 Å². The summed E-state index contributed by atoms with van der Waals surface area (Å²) in [6.07, 6.45) is 0. The van der Waals surface area contributed by atoms with Crippen LogP contribution in [0.5, 0.6) is 0 Å². The van der Waals surface area contributed by atoms with Gasteiger partial charge in [-0.2, -0.15) is 5.26 Å². The molecular weight excluding hydrogens is 354 g/mol. The van der Waals surface area contributed by atoms with Crippen LogP contribution in [-0.4, -0.2) is 37.0 Å². The molecule has 5 heteroatoms. The average Bonchev–Trinajstić information content (AvgIpc) is 2.61. The third kappa shape index (κ3) is 3.54. The Kier molecular flexibility index (Phi) is 4.63. The van der Waals surface area contributed by atoms with Crippen molar-refractivity contribution in [2.24, 2.45) is 0 Å². The molecule has 0 atom stereocenters. The van der Waals surface area contributed by atoms with Crippen molar-refractivity contribution in [3.05, 3.63) is 64.1 Å². The van der Waals surface area contributed by atoms with Gasteiger partial charge in [-0.15, -0.1) is 0 Å². The van der Waals surface area contributed by atoms with Crippen LogP contribution < -0.4 is 4.90 Å². The Balaban J connectivity index is 1.66. The molecule has 0 aliphatic carbocycles. The highest BCUT2D eigenvalue weighted by Gasteiger charge is 2.22. The minimum Gasteiger partial charge on any atom is -0.368 e. The van der Waals surface area contributed by atoms with Crippen molar-refractivity contribution in [2.45, 2.75) is 0 Å². The maximum atomic E-state index is 12.5. The minimum atomic E-state index is 0.0664. The van der Waals surface area contributed by atoms with Crippen molar-refractivity contribution in [1.29, 1.82) is 5.26 Å². The lowest BCUT2D eigenvalue weighted by molar-refractivity contribution is 0.0746. The summed E-state index contributed by atoms with van der Waals surface area (Å²) >= 11 is 3.40. The zero-order chi connectivity index (χ0) is 16.2. The molecule has 0 radical (unpaired) electrons. The summed E-state index contributed by atoms with van der Waals surface area (Å²) in [5.74, 6) is 0.0664. The first-order valence-electron chi connectivity index (χ1n) is 7.47. The Hall–Kier alpha value is -2.32. The molecule has 1 aliphatic rings. The van der Waals surface area contributed by atoms with Crippen LogP contribution in [0.2, 0.25) is 0 Å². The number of anilines is 1. The largest absolute Gasteiger partial charge is 0.368 e. The minimum absolute atomic E-state index is 0.0664. The Morgan fingerprint density at radius 3 is 2.48 bits per heavy atom. The molecule has 1 aliphatic heterocycles. The van der Waals surface area contributed by atoms with Crippen LogP contribution in [0, 0.1) is 11.3 Å². The molecule has 3 rings (SSSR count). The topological polar surface area (TPSA) is 47.3 Å². The van der Waals surface area contributed by atoms with Crippen LogP contribution in [0.1, 0.15) is 15.9 Å². The van der Waals surface area contributed by atoms with Crippen LogP contribution in [0.3, 0.4) is 0 Å². The molecule has 23 heavy (non-hydrogen) atoms. The molecule has 0 spiro atoms. The lowest BCUT2D eigenvalue weighted by Crippen LogP contribution is -2.48. The summed E-state index contributed by atoms with van der Waals surface area (Å²) in [6, 6.07) is 17.2. The zero-order valence-corrected chi connectivity index (χ0v) is 14.2. The van der Waals surface area contributed by atoms with Crippen molar-refractivity contribution >= 4 is 27.5 Å². The SMILES string of the molecule is N#Cc1cccc(N2CCN(C(=O)c3cccc(Br)c3)CC2)c1. The summed E-state index contributed by atoms with van der Waals surface area (Å²) in [6.45, 7) is 2.91. The number of carbonyl (C=O) groups is 1.